The van der Waals surface area contributed by atoms with E-state index in [2.05, 4.69) is 43.4 Å². The minimum atomic E-state index is -0.365. The monoisotopic (exact) mass is 438 g/mol. The summed E-state index contributed by atoms with van der Waals surface area (Å²) < 4.78 is 0. The van der Waals surface area contributed by atoms with Crippen LogP contribution in [-0.2, 0) is 12.8 Å². The summed E-state index contributed by atoms with van der Waals surface area (Å²) in [5.41, 5.74) is 4.47. The number of urea groups is 1. The van der Waals surface area contributed by atoms with E-state index in [4.69, 9.17) is 16.7 Å². The highest BCUT2D eigenvalue weighted by molar-refractivity contribution is 6.32. The Morgan fingerprint density at radius 3 is 2.87 bits per heavy atom. The Labute approximate surface area is 185 Å². The number of nitrogens with one attached hydrogen (secondary N) is 4. The van der Waals surface area contributed by atoms with E-state index in [0.717, 1.165) is 28.9 Å². The van der Waals surface area contributed by atoms with Gasteiger partial charge in [-0.3, -0.25) is 0 Å². The zero-order valence-electron chi connectivity index (χ0n) is 16.9. The third-order valence-corrected chi connectivity index (χ3v) is 5.15. The molecule has 6 bridgehead atoms. The van der Waals surface area contributed by atoms with Gasteiger partial charge in [-0.25, -0.2) is 9.78 Å². The third kappa shape index (κ3) is 5.22. The minimum absolute atomic E-state index is 0.130. The van der Waals surface area contributed by atoms with E-state index in [1.807, 2.05) is 30.3 Å². The zero-order valence-corrected chi connectivity index (χ0v) is 17.7. The smallest absolute Gasteiger partial charge is 0.319 e. The Morgan fingerprint density at radius 1 is 1.19 bits per heavy atom. The largest absolute Gasteiger partial charge is 0.394 e. The number of amides is 2. The molecule has 1 atom stereocenters. The van der Waals surface area contributed by atoms with Gasteiger partial charge in [-0.15, -0.1) is 0 Å². The molecule has 1 aliphatic heterocycles. The first kappa shape index (κ1) is 20.9. The minimum Gasteiger partial charge on any atom is -0.394 e. The summed E-state index contributed by atoms with van der Waals surface area (Å²) >= 11 is 6.29. The molecular formula is C22H23ClN6O2. The summed E-state index contributed by atoms with van der Waals surface area (Å²) in [5.74, 6) is 0.923. The predicted octanol–water partition coefficient (Wildman–Crippen LogP) is 4.22. The van der Waals surface area contributed by atoms with Crippen molar-refractivity contribution in [1.29, 1.82) is 0 Å². The van der Waals surface area contributed by atoms with Crippen LogP contribution in [0.2, 0.25) is 5.02 Å². The molecule has 0 saturated carbocycles. The Hall–Kier alpha value is -3.36. The Kier molecular flexibility index (Phi) is 6.20. The van der Waals surface area contributed by atoms with Gasteiger partial charge in [-0.2, -0.15) is 4.98 Å². The van der Waals surface area contributed by atoms with Crippen molar-refractivity contribution in [1.82, 2.24) is 15.3 Å². The number of fused-ring (bicyclic) bond motifs is 6. The molecule has 8 nitrogen and oxygen atoms in total. The second-order valence-electron chi connectivity index (χ2n) is 7.39. The van der Waals surface area contributed by atoms with Crippen molar-refractivity contribution < 1.29 is 9.90 Å². The molecule has 5 N–H and O–H groups in total. The topological polar surface area (TPSA) is 111 Å². The van der Waals surface area contributed by atoms with Gasteiger partial charge < -0.3 is 26.4 Å². The van der Waals surface area contributed by atoms with E-state index in [1.54, 1.807) is 13.1 Å². The highest BCUT2D eigenvalue weighted by Gasteiger charge is 2.13. The van der Waals surface area contributed by atoms with Gasteiger partial charge in [0, 0.05) is 17.1 Å². The number of hydrogen-bond donors (Lipinski definition) is 5. The third-order valence-electron chi connectivity index (χ3n) is 4.88. The number of aryl methyl sites for hydroxylation is 2. The number of halogens is 1. The predicted molar refractivity (Wildman–Crippen MR) is 123 cm³/mol. The van der Waals surface area contributed by atoms with Crippen LogP contribution in [0.5, 0.6) is 0 Å². The molecule has 0 saturated heterocycles. The number of hydrogen-bond acceptors (Lipinski definition) is 6. The highest BCUT2D eigenvalue weighted by Crippen LogP contribution is 2.29. The molecule has 2 amide bonds. The number of carbonyl (C=O) groups is 1. The fraction of sp³-hybridized carbons (Fsp3) is 0.227. The first-order valence-electron chi connectivity index (χ1n) is 9.97. The Balaban J connectivity index is 1.70. The van der Waals surface area contributed by atoms with Gasteiger partial charge in [-0.05, 0) is 61.2 Å². The zero-order chi connectivity index (χ0) is 21.8. The molecule has 0 spiro atoms. The Bertz CT molecular complexity index is 1110. The lowest BCUT2D eigenvalue weighted by Gasteiger charge is -2.16. The van der Waals surface area contributed by atoms with Crippen molar-refractivity contribution in [3.8, 4) is 0 Å². The summed E-state index contributed by atoms with van der Waals surface area (Å²) in [4.78, 5) is 21.0. The summed E-state index contributed by atoms with van der Waals surface area (Å²) in [6.45, 7) is 1.60. The van der Waals surface area contributed by atoms with Crippen molar-refractivity contribution in [3.05, 3.63) is 64.8 Å². The lowest BCUT2D eigenvalue weighted by atomic mass is 10.0. The van der Waals surface area contributed by atoms with Crippen molar-refractivity contribution in [3.63, 3.8) is 0 Å². The van der Waals surface area contributed by atoms with Crippen LogP contribution in [0.4, 0.5) is 33.6 Å². The number of aliphatic hydroxyl groups excluding tert-OH is 1. The molecule has 160 valence electrons. The molecule has 4 rings (SSSR count). The number of carbonyl (C=O) groups excluding carboxylic acids is 1. The van der Waals surface area contributed by atoms with Gasteiger partial charge >= 0.3 is 6.03 Å². The molecule has 1 aromatic heterocycles. The van der Waals surface area contributed by atoms with E-state index in [-0.39, 0.29) is 18.7 Å². The molecule has 0 radical (unpaired) electrons. The maximum absolute atomic E-state index is 12.3. The maximum atomic E-state index is 12.3. The van der Waals surface area contributed by atoms with Gasteiger partial charge in [0.05, 0.1) is 18.8 Å². The van der Waals surface area contributed by atoms with Crippen LogP contribution in [0, 0.1) is 0 Å². The second kappa shape index (κ2) is 9.20. The Morgan fingerprint density at radius 2 is 2.03 bits per heavy atom. The fourth-order valence-corrected chi connectivity index (χ4v) is 3.43. The average Bonchev–Trinajstić information content (AvgIpc) is 2.76. The van der Waals surface area contributed by atoms with E-state index in [9.17, 15) is 4.79 Å². The van der Waals surface area contributed by atoms with Gasteiger partial charge in [0.1, 0.15) is 5.02 Å². The standard InChI is InChI=1S/C22H23ClN6O2/c1-13(12-30)25-22(31)28-19-8-7-17-10-15(19)6-5-14-3-2-4-16(9-14)27-21-24-11-18(23)20(26-17)29-21/h2-4,7-11,13,30H,5-6,12H2,1H3,(H2,25,28,31)(H2,24,26,27,29). The molecule has 2 heterocycles. The molecule has 9 heteroatoms. The van der Waals surface area contributed by atoms with Crippen molar-refractivity contribution in [2.24, 2.45) is 0 Å². The molecule has 2 aromatic carbocycles. The van der Waals surface area contributed by atoms with Crippen molar-refractivity contribution >= 4 is 46.5 Å². The van der Waals surface area contributed by atoms with Gasteiger partial charge in [0.2, 0.25) is 5.95 Å². The number of nitrogens with zero attached hydrogens (tertiary/aromatic N) is 2. The number of benzene rings is 2. The molecule has 31 heavy (non-hydrogen) atoms. The summed E-state index contributed by atoms with van der Waals surface area (Å²) in [6.07, 6.45) is 3.04. The number of aliphatic hydroxyl groups is 1. The number of aromatic nitrogens is 2. The van der Waals surface area contributed by atoms with Crippen LogP contribution < -0.4 is 21.3 Å². The lowest BCUT2D eigenvalue weighted by Crippen LogP contribution is -2.38. The second-order valence-corrected chi connectivity index (χ2v) is 7.80. The molecule has 0 aliphatic carbocycles. The molecule has 1 aliphatic rings. The molecular weight excluding hydrogens is 416 g/mol. The van der Waals surface area contributed by atoms with E-state index >= 15 is 0 Å². The number of anilines is 5. The fourth-order valence-electron chi connectivity index (χ4n) is 3.29. The first-order chi connectivity index (χ1) is 15.0. The highest BCUT2D eigenvalue weighted by atomic mass is 35.5. The first-order valence-corrected chi connectivity index (χ1v) is 10.3. The van der Waals surface area contributed by atoms with E-state index in [1.165, 1.54) is 0 Å². The summed E-state index contributed by atoms with van der Waals surface area (Å²) in [7, 11) is 0. The van der Waals surface area contributed by atoms with Crippen molar-refractivity contribution in [2.45, 2.75) is 25.8 Å². The van der Waals surface area contributed by atoms with Gasteiger partial charge in [0.15, 0.2) is 5.82 Å². The summed E-state index contributed by atoms with van der Waals surface area (Å²) in [6, 6.07) is 13.0. The van der Waals surface area contributed by atoms with Gasteiger partial charge in [0.25, 0.3) is 0 Å². The molecule has 0 fully saturated rings. The number of rotatable bonds is 3. The SMILES string of the molecule is CC(CO)NC(=O)Nc1ccc2cc1CCc1cccc(c1)Nc1ncc(Cl)c(n1)N2. The van der Waals surface area contributed by atoms with Crippen LogP contribution in [0.25, 0.3) is 0 Å². The van der Waals surface area contributed by atoms with Crippen LogP contribution in [0.3, 0.4) is 0 Å². The maximum Gasteiger partial charge on any atom is 0.319 e. The van der Waals surface area contributed by atoms with Crippen LogP contribution in [0.15, 0.2) is 48.7 Å². The average molecular weight is 439 g/mol. The summed E-state index contributed by atoms with van der Waals surface area (Å²) in [5, 5.41) is 21.6. The lowest BCUT2D eigenvalue weighted by molar-refractivity contribution is 0.229. The normalized spacial score (nSPS) is 13.4. The quantitative estimate of drug-likeness (QED) is 0.418. The molecule has 3 aromatic rings. The van der Waals surface area contributed by atoms with Crippen LogP contribution in [0.1, 0.15) is 18.1 Å². The van der Waals surface area contributed by atoms with Crippen LogP contribution >= 0.6 is 11.6 Å². The van der Waals surface area contributed by atoms with Gasteiger partial charge in [-0.1, -0.05) is 23.7 Å². The van der Waals surface area contributed by atoms with Crippen molar-refractivity contribution in [2.75, 3.05) is 22.6 Å². The molecule has 1 unspecified atom stereocenters. The van der Waals surface area contributed by atoms with E-state index in [0.29, 0.717) is 28.9 Å². The van der Waals surface area contributed by atoms with E-state index < -0.39 is 0 Å². The van der Waals surface area contributed by atoms with Crippen LogP contribution in [-0.4, -0.2) is 33.8 Å².